The van der Waals surface area contributed by atoms with Crippen LogP contribution in [0.4, 0.5) is 5.69 Å². The second-order valence-corrected chi connectivity index (χ2v) is 3.54. The highest BCUT2D eigenvalue weighted by atomic mass is 35.5. The number of anilines is 1. The summed E-state index contributed by atoms with van der Waals surface area (Å²) < 4.78 is 0. The minimum atomic E-state index is 0.471. The molecule has 0 amide bonds. The molecule has 0 bridgehead atoms. The third-order valence-corrected chi connectivity index (χ3v) is 2.30. The van der Waals surface area contributed by atoms with Crippen LogP contribution in [0.2, 0.25) is 10.0 Å². The topological polar surface area (TPSA) is 26.0 Å². The maximum Gasteiger partial charge on any atom is 0.0693 e. The average Bonchev–Trinajstić information content (AvgIpc) is 2.01. The molecule has 0 saturated carbocycles. The van der Waals surface area contributed by atoms with Crippen LogP contribution >= 0.6 is 23.2 Å². The van der Waals surface area contributed by atoms with Crippen LogP contribution in [0.3, 0.4) is 0 Å². The predicted molar refractivity (Wildman–Crippen MR) is 54.9 cm³/mol. The fourth-order valence-corrected chi connectivity index (χ4v) is 1.60. The Morgan fingerprint density at radius 1 is 1.25 bits per heavy atom. The molecule has 0 spiro atoms. The van der Waals surface area contributed by atoms with E-state index < -0.39 is 0 Å². The Morgan fingerprint density at radius 2 is 1.75 bits per heavy atom. The molecule has 0 atom stereocenters. The van der Waals surface area contributed by atoms with Crippen LogP contribution in [0.5, 0.6) is 0 Å². The summed E-state index contributed by atoms with van der Waals surface area (Å²) in [5.74, 6) is 0. The first-order valence-corrected chi connectivity index (χ1v) is 4.64. The number of hydrogen-bond donors (Lipinski definition) is 1. The van der Waals surface area contributed by atoms with E-state index in [4.69, 9.17) is 28.9 Å². The number of benzene rings is 1. The van der Waals surface area contributed by atoms with Crippen molar-refractivity contribution >= 4 is 28.9 Å². The van der Waals surface area contributed by atoms with Gasteiger partial charge in [-0.25, -0.2) is 0 Å². The lowest BCUT2D eigenvalue weighted by Crippen LogP contribution is -1.91. The Balaban J connectivity index is 3.04. The Morgan fingerprint density at radius 3 is 2.17 bits per heavy atom. The minimum absolute atomic E-state index is 0.471. The zero-order valence-electron chi connectivity index (χ0n) is 6.90. The first kappa shape index (κ1) is 9.69. The Hall–Kier alpha value is -0.400. The molecule has 12 heavy (non-hydrogen) atoms. The van der Waals surface area contributed by atoms with Gasteiger partial charge in [0.25, 0.3) is 0 Å². The van der Waals surface area contributed by atoms with Crippen molar-refractivity contribution in [2.45, 2.75) is 19.8 Å². The summed E-state index contributed by atoms with van der Waals surface area (Å²) in [6.07, 6.45) is 2.07. The van der Waals surface area contributed by atoms with Gasteiger partial charge < -0.3 is 5.73 Å². The molecule has 0 radical (unpaired) electrons. The van der Waals surface area contributed by atoms with Gasteiger partial charge in [-0.3, -0.25) is 0 Å². The Labute approximate surface area is 82.5 Å². The zero-order valence-corrected chi connectivity index (χ0v) is 8.41. The van der Waals surface area contributed by atoms with Gasteiger partial charge in [0.05, 0.1) is 15.7 Å². The molecule has 0 saturated heterocycles. The van der Waals surface area contributed by atoms with Crippen LogP contribution in [0, 0.1) is 0 Å². The highest BCUT2D eigenvalue weighted by Gasteiger charge is 2.03. The maximum absolute atomic E-state index is 5.85. The molecule has 0 heterocycles. The van der Waals surface area contributed by atoms with Crippen molar-refractivity contribution in [2.24, 2.45) is 0 Å². The number of halogens is 2. The lowest BCUT2D eigenvalue weighted by atomic mass is 10.1. The molecule has 1 rings (SSSR count). The van der Waals surface area contributed by atoms with Gasteiger partial charge in [0.2, 0.25) is 0 Å². The predicted octanol–water partition coefficient (Wildman–Crippen LogP) is 3.53. The molecule has 0 fully saturated rings. The van der Waals surface area contributed by atoms with Crippen molar-refractivity contribution in [2.75, 3.05) is 5.73 Å². The van der Waals surface area contributed by atoms with Crippen LogP contribution in [-0.4, -0.2) is 0 Å². The molecule has 2 N–H and O–H groups in total. The zero-order chi connectivity index (χ0) is 9.14. The average molecular weight is 204 g/mol. The molecular formula is C9H11Cl2N. The van der Waals surface area contributed by atoms with E-state index in [0.29, 0.717) is 15.7 Å². The van der Waals surface area contributed by atoms with Crippen molar-refractivity contribution in [1.82, 2.24) is 0 Å². The van der Waals surface area contributed by atoms with Gasteiger partial charge in [0.1, 0.15) is 0 Å². The van der Waals surface area contributed by atoms with Crippen molar-refractivity contribution in [1.29, 1.82) is 0 Å². The van der Waals surface area contributed by atoms with E-state index >= 15 is 0 Å². The number of hydrogen-bond acceptors (Lipinski definition) is 1. The van der Waals surface area contributed by atoms with E-state index in [1.165, 1.54) is 0 Å². The second kappa shape index (κ2) is 4.01. The number of nitrogen functional groups attached to an aromatic ring is 1. The molecule has 1 aromatic rings. The quantitative estimate of drug-likeness (QED) is 0.732. The third-order valence-electron chi connectivity index (χ3n) is 1.68. The fourth-order valence-electron chi connectivity index (χ4n) is 1.07. The number of rotatable bonds is 2. The maximum atomic E-state index is 5.85. The molecule has 0 aliphatic heterocycles. The normalized spacial score (nSPS) is 10.2. The van der Waals surface area contributed by atoms with E-state index in [-0.39, 0.29) is 0 Å². The van der Waals surface area contributed by atoms with Crippen LogP contribution in [0.25, 0.3) is 0 Å². The van der Waals surface area contributed by atoms with E-state index in [1.54, 1.807) is 0 Å². The highest BCUT2D eigenvalue weighted by molar-refractivity contribution is 6.38. The minimum Gasteiger partial charge on any atom is -0.396 e. The molecule has 0 aromatic heterocycles. The smallest absolute Gasteiger partial charge is 0.0693 e. The summed E-state index contributed by atoms with van der Waals surface area (Å²) >= 11 is 11.7. The summed E-state index contributed by atoms with van der Waals surface area (Å²) in [7, 11) is 0. The summed E-state index contributed by atoms with van der Waals surface area (Å²) in [6.45, 7) is 2.11. The van der Waals surface area contributed by atoms with Crippen molar-refractivity contribution < 1.29 is 0 Å². The van der Waals surface area contributed by atoms with Crippen LogP contribution in [0.1, 0.15) is 18.9 Å². The van der Waals surface area contributed by atoms with Crippen molar-refractivity contribution in [3.8, 4) is 0 Å². The lowest BCUT2D eigenvalue weighted by Gasteiger charge is -2.04. The van der Waals surface area contributed by atoms with Crippen LogP contribution < -0.4 is 5.73 Å². The summed E-state index contributed by atoms with van der Waals surface area (Å²) in [6, 6.07) is 3.73. The largest absolute Gasteiger partial charge is 0.396 e. The molecular weight excluding hydrogens is 193 g/mol. The SMILES string of the molecule is CCCc1cc(Cl)c(N)c(Cl)c1. The van der Waals surface area contributed by atoms with E-state index in [1.807, 2.05) is 12.1 Å². The van der Waals surface area contributed by atoms with Crippen LogP contribution in [0.15, 0.2) is 12.1 Å². The van der Waals surface area contributed by atoms with Gasteiger partial charge in [-0.1, -0.05) is 36.5 Å². The summed E-state index contributed by atoms with van der Waals surface area (Å²) in [5.41, 5.74) is 7.19. The van der Waals surface area contributed by atoms with E-state index in [0.717, 1.165) is 18.4 Å². The summed E-state index contributed by atoms with van der Waals surface area (Å²) in [4.78, 5) is 0. The third kappa shape index (κ3) is 2.05. The molecule has 0 aliphatic carbocycles. The Bertz CT molecular complexity index is 261. The van der Waals surface area contributed by atoms with Gasteiger partial charge in [0, 0.05) is 0 Å². The van der Waals surface area contributed by atoms with Crippen molar-refractivity contribution in [3.05, 3.63) is 27.7 Å². The summed E-state index contributed by atoms with van der Waals surface area (Å²) in [5, 5.41) is 1.09. The highest BCUT2D eigenvalue weighted by Crippen LogP contribution is 2.29. The monoisotopic (exact) mass is 203 g/mol. The molecule has 0 aliphatic rings. The molecule has 1 nitrogen and oxygen atoms in total. The van der Waals surface area contributed by atoms with E-state index in [9.17, 15) is 0 Å². The number of aryl methyl sites for hydroxylation is 1. The fraction of sp³-hybridized carbons (Fsp3) is 0.333. The molecule has 1 aromatic carbocycles. The van der Waals surface area contributed by atoms with Gasteiger partial charge in [-0.15, -0.1) is 0 Å². The van der Waals surface area contributed by atoms with Crippen LogP contribution in [-0.2, 0) is 6.42 Å². The Kier molecular flexibility index (Phi) is 3.24. The van der Waals surface area contributed by atoms with Crippen molar-refractivity contribution in [3.63, 3.8) is 0 Å². The first-order valence-electron chi connectivity index (χ1n) is 3.88. The molecule has 0 unspecified atom stereocenters. The van der Waals surface area contributed by atoms with Gasteiger partial charge >= 0.3 is 0 Å². The standard InChI is InChI=1S/C9H11Cl2N/c1-2-3-6-4-7(10)9(12)8(11)5-6/h4-5H,2-3,12H2,1H3. The molecule has 66 valence electrons. The number of nitrogens with two attached hydrogens (primary N) is 1. The lowest BCUT2D eigenvalue weighted by molar-refractivity contribution is 0.922. The van der Waals surface area contributed by atoms with Gasteiger partial charge in [0.15, 0.2) is 0 Å². The second-order valence-electron chi connectivity index (χ2n) is 2.72. The van der Waals surface area contributed by atoms with E-state index in [2.05, 4.69) is 6.92 Å². The molecule has 3 heteroatoms. The first-order chi connectivity index (χ1) is 5.65. The van der Waals surface area contributed by atoms with Gasteiger partial charge in [-0.05, 0) is 24.1 Å². The van der Waals surface area contributed by atoms with Gasteiger partial charge in [-0.2, -0.15) is 0 Å².